The molecular formula is C17H21N3O3. The van der Waals surface area contributed by atoms with Gasteiger partial charge in [-0.3, -0.25) is 9.89 Å². The fraction of sp³-hybridized carbons (Fsp3) is 0.529. The summed E-state index contributed by atoms with van der Waals surface area (Å²) in [4.78, 5) is 12.5. The van der Waals surface area contributed by atoms with E-state index < -0.39 is 0 Å². The molecular weight excluding hydrogens is 294 g/mol. The fourth-order valence-corrected chi connectivity index (χ4v) is 3.98. The second kappa shape index (κ2) is 5.94. The highest BCUT2D eigenvalue weighted by Gasteiger charge is 2.54. The standard InChI is InChI=1S/C17H21N3O3/c1-22-9-12-16(11-6-7-23-17(11)12)18-15(21)8-14-10-4-2-3-5-13(10)19-20-14/h2-5,11-12,16-17H,6-9H2,1H3,(H,18,21)(H,19,20)/t11-,12+,16-,17-/m1/s1. The van der Waals surface area contributed by atoms with Gasteiger partial charge in [0.05, 0.1) is 30.3 Å². The van der Waals surface area contributed by atoms with E-state index in [-0.39, 0.29) is 24.0 Å². The normalized spacial score (nSPS) is 29.3. The van der Waals surface area contributed by atoms with Crippen LogP contribution in [0.25, 0.3) is 10.9 Å². The highest BCUT2D eigenvalue weighted by atomic mass is 16.5. The summed E-state index contributed by atoms with van der Waals surface area (Å²) in [5.74, 6) is 0.712. The Kier molecular flexibility index (Phi) is 3.79. The third-order valence-corrected chi connectivity index (χ3v) is 5.09. The number of carbonyl (C=O) groups is 1. The summed E-state index contributed by atoms with van der Waals surface area (Å²) in [5, 5.41) is 11.4. The molecule has 1 aliphatic heterocycles. The largest absolute Gasteiger partial charge is 0.384 e. The minimum absolute atomic E-state index is 0.0239. The molecule has 1 aromatic carbocycles. The van der Waals surface area contributed by atoms with Crippen LogP contribution in [0.1, 0.15) is 12.1 Å². The molecule has 2 aromatic rings. The Hall–Kier alpha value is -1.92. The van der Waals surface area contributed by atoms with Crippen LogP contribution in [0.3, 0.4) is 0 Å². The van der Waals surface area contributed by atoms with E-state index in [2.05, 4.69) is 15.5 Å². The van der Waals surface area contributed by atoms with E-state index in [0.717, 1.165) is 29.6 Å². The van der Waals surface area contributed by atoms with Crippen LogP contribution in [-0.2, 0) is 20.7 Å². The summed E-state index contributed by atoms with van der Waals surface area (Å²) in [7, 11) is 1.69. The van der Waals surface area contributed by atoms with Crippen molar-refractivity contribution in [3.8, 4) is 0 Å². The zero-order valence-electron chi connectivity index (χ0n) is 13.1. The van der Waals surface area contributed by atoms with Gasteiger partial charge in [-0.2, -0.15) is 5.10 Å². The van der Waals surface area contributed by atoms with Crippen LogP contribution in [0.2, 0.25) is 0 Å². The number of carbonyl (C=O) groups excluding carboxylic acids is 1. The number of aromatic nitrogens is 2. The maximum absolute atomic E-state index is 12.5. The number of hydrogen-bond donors (Lipinski definition) is 2. The first-order chi connectivity index (χ1) is 11.3. The highest BCUT2D eigenvalue weighted by Crippen LogP contribution is 2.43. The first-order valence-corrected chi connectivity index (χ1v) is 8.10. The number of methoxy groups -OCH3 is 1. The van der Waals surface area contributed by atoms with Gasteiger partial charge in [-0.05, 0) is 12.5 Å². The molecule has 0 bridgehead atoms. The molecule has 1 saturated carbocycles. The first kappa shape index (κ1) is 14.7. The van der Waals surface area contributed by atoms with Crippen LogP contribution in [-0.4, -0.2) is 48.6 Å². The molecule has 1 saturated heterocycles. The third kappa shape index (κ3) is 2.52. The zero-order valence-corrected chi connectivity index (χ0v) is 13.1. The van der Waals surface area contributed by atoms with Gasteiger partial charge in [0.25, 0.3) is 0 Å². The van der Waals surface area contributed by atoms with Crippen LogP contribution in [0, 0.1) is 11.8 Å². The van der Waals surface area contributed by atoms with Gasteiger partial charge >= 0.3 is 0 Å². The van der Waals surface area contributed by atoms with Gasteiger partial charge in [-0.1, -0.05) is 18.2 Å². The zero-order chi connectivity index (χ0) is 15.8. The molecule has 0 radical (unpaired) electrons. The molecule has 23 heavy (non-hydrogen) atoms. The van der Waals surface area contributed by atoms with Crippen molar-refractivity contribution >= 4 is 16.8 Å². The molecule has 6 nitrogen and oxygen atoms in total. The number of benzene rings is 1. The van der Waals surface area contributed by atoms with E-state index in [1.807, 2.05) is 24.3 Å². The average Bonchev–Trinajstić information content (AvgIpc) is 3.16. The van der Waals surface area contributed by atoms with E-state index >= 15 is 0 Å². The molecule has 1 amide bonds. The number of fused-ring (bicyclic) bond motifs is 2. The highest BCUT2D eigenvalue weighted by molar-refractivity contribution is 5.87. The summed E-state index contributed by atoms with van der Waals surface area (Å²) in [6.07, 6.45) is 1.57. The van der Waals surface area contributed by atoms with Crippen LogP contribution < -0.4 is 5.32 Å². The van der Waals surface area contributed by atoms with Crippen molar-refractivity contribution in [1.82, 2.24) is 15.5 Å². The minimum Gasteiger partial charge on any atom is -0.384 e. The van der Waals surface area contributed by atoms with Crippen molar-refractivity contribution < 1.29 is 14.3 Å². The number of para-hydroxylation sites is 1. The lowest BCUT2D eigenvalue weighted by molar-refractivity contribution is -0.129. The van der Waals surface area contributed by atoms with E-state index in [4.69, 9.17) is 9.47 Å². The van der Waals surface area contributed by atoms with Gasteiger partial charge in [0.15, 0.2) is 0 Å². The Morgan fingerprint density at radius 3 is 3.22 bits per heavy atom. The van der Waals surface area contributed by atoms with Crippen LogP contribution >= 0.6 is 0 Å². The first-order valence-electron chi connectivity index (χ1n) is 8.10. The summed E-state index contributed by atoms with van der Waals surface area (Å²) < 4.78 is 11.0. The molecule has 2 heterocycles. The quantitative estimate of drug-likeness (QED) is 0.871. The number of nitrogens with zero attached hydrogens (tertiary/aromatic N) is 1. The maximum atomic E-state index is 12.5. The number of ether oxygens (including phenoxy) is 2. The molecule has 2 N–H and O–H groups in total. The molecule has 0 unspecified atom stereocenters. The number of nitrogens with one attached hydrogen (secondary N) is 2. The van der Waals surface area contributed by atoms with Crippen molar-refractivity contribution in [2.45, 2.75) is 25.0 Å². The van der Waals surface area contributed by atoms with Gasteiger partial charge in [-0.15, -0.1) is 0 Å². The lowest BCUT2D eigenvalue weighted by atomic mass is 9.67. The molecule has 2 fully saturated rings. The maximum Gasteiger partial charge on any atom is 0.226 e. The fourth-order valence-electron chi connectivity index (χ4n) is 3.98. The molecule has 1 aromatic heterocycles. The smallest absolute Gasteiger partial charge is 0.226 e. The van der Waals surface area contributed by atoms with Gasteiger partial charge < -0.3 is 14.8 Å². The van der Waals surface area contributed by atoms with E-state index in [1.165, 1.54) is 0 Å². The summed E-state index contributed by atoms with van der Waals surface area (Å²) in [6, 6.07) is 7.98. The number of rotatable bonds is 5. The Bertz CT molecular complexity index is 714. The molecule has 1 aliphatic carbocycles. The summed E-state index contributed by atoms with van der Waals surface area (Å²) in [5.41, 5.74) is 1.75. The van der Waals surface area contributed by atoms with Crippen LogP contribution in [0.15, 0.2) is 24.3 Å². The number of hydrogen-bond acceptors (Lipinski definition) is 4. The molecule has 4 rings (SSSR count). The van der Waals surface area contributed by atoms with Crippen molar-refractivity contribution in [3.05, 3.63) is 30.0 Å². The van der Waals surface area contributed by atoms with Gasteiger partial charge in [0.1, 0.15) is 0 Å². The topological polar surface area (TPSA) is 76.2 Å². The van der Waals surface area contributed by atoms with Crippen molar-refractivity contribution in [2.24, 2.45) is 11.8 Å². The average molecular weight is 315 g/mol. The summed E-state index contributed by atoms with van der Waals surface area (Å²) in [6.45, 7) is 1.41. The molecule has 2 aliphatic rings. The predicted octanol–water partition coefficient (Wildman–Crippen LogP) is 1.27. The van der Waals surface area contributed by atoms with E-state index in [0.29, 0.717) is 18.9 Å². The Morgan fingerprint density at radius 2 is 2.35 bits per heavy atom. The Morgan fingerprint density at radius 1 is 1.48 bits per heavy atom. The Balaban J connectivity index is 1.43. The number of aromatic amines is 1. The Labute approximate surface area is 134 Å². The molecule has 122 valence electrons. The molecule has 6 heteroatoms. The van der Waals surface area contributed by atoms with Crippen molar-refractivity contribution in [3.63, 3.8) is 0 Å². The molecule has 4 atom stereocenters. The van der Waals surface area contributed by atoms with E-state index in [1.54, 1.807) is 7.11 Å². The van der Waals surface area contributed by atoms with Gasteiger partial charge in [0.2, 0.25) is 5.91 Å². The second-order valence-corrected chi connectivity index (χ2v) is 6.40. The van der Waals surface area contributed by atoms with Crippen LogP contribution in [0.5, 0.6) is 0 Å². The van der Waals surface area contributed by atoms with Gasteiger partial charge in [-0.25, -0.2) is 0 Å². The van der Waals surface area contributed by atoms with Crippen molar-refractivity contribution in [1.29, 1.82) is 0 Å². The second-order valence-electron chi connectivity index (χ2n) is 6.40. The van der Waals surface area contributed by atoms with Crippen LogP contribution in [0.4, 0.5) is 0 Å². The third-order valence-electron chi connectivity index (χ3n) is 5.09. The van der Waals surface area contributed by atoms with Gasteiger partial charge in [0, 0.05) is 37.0 Å². The molecule has 0 spiro atoms. The monoisotopic (exact) mass is 315 g/mol. The SMILES string of the molecule is COC[C@H]1[C@H](NC(=O)Cc2[nH]nc3ccccc23)[C@H]2CCO[C@H]21. The van der Waals surface area contributed by atoms with Crippen molar-refractivity contribution in [2.75, 3.05) is 20.3 Å². The summed E-state index contributed by atoms with van der Waals surface area (Å²) >= 11 is 0. The minimum atomic E-state index is 0.0239. The van der Waals surface area contributed by atoms with E-state index in [9.17, 15) is 4.79 Å². The predicted molar refractivity (Wildman–Crippen MR) is 84.9 cm³/mol. The number of H-pyrrole nitrogens is 1. The lowest BCUT2D eigenvalue weighted by Crippen LogP contribution is -2.63. The lowest BCUT2D eigenvalue weighted by Gasteiger charge is -2.47. The number of amides is 1.